The zero-order chi connectivity index (χ0) is 22.6. The second kappa shape index (κ2) is 12.4. The monoisotopic (exact) mass is 447 g/mol. The van der Waals surface area contributed by atoms with Gasteiger partial charge in [-0.2, -0.15) is 4.89 Å². The minimum atomic E-state index is -2.90. The first-order valence-electron chi connectivity index (χ1n) is 9.42. The molecule has 9 nitrogen and oxygen atoms in total. The van der Waals surface area contributed by atoms with Crippen LogP contribution < -0.4 is 10.6 Å². The highest BCUT2D eigenvalue weighted by Crippen LogP contribution is 2.23. The van der Waals surface area contributed by atoms with Crippen molar-refractivity contribution in [2.75, 3.05) is 7.11 Å². The van der Waals surface area contributed by atoms with E-state index in [4.69, 9.17) is 4.74 Å². The fourth-order valence-electron chi connectivity index (χ4n) is 2.66. The number of ether oxygens (including phenoxy) is 2. The SMILES string of the molecule is COC(=O)CC(NC(=O)[C@H](Cc1ccccc1)NC(=O)OCc1ccccc1)[P+](=O)O. The standard InChI is InChI=1S/C21H23N2O7P/c1-29-19(24)13-18(31(27)28)23-20(25)17(12-15-8-4-2-5-9-15)22-21(26)30-14-16-10-6-3-7-11-16/h2-11,17-18H,12-14H2,1H3,(H2-,22,23,25,26,27,28)/p+1/t17-,18?/m0/s1. The molecule has 0 aliphatic carbocycles. The highest BCUT2D eigenvalue weighted by molar-refractivity contribution is 7.38. The molecule has 0 heterocycles. The molecule has 164 valence electrons. The predicted molar refractivity (Wildman–Crippen MR) is 112 cm³/mol. The molecule has 2 aromatic rings. The molecule has 3 atom stereocenters. The number of methoxy groups -OCH3 is 1. The van der Waals surface area contributed by atoms with E-state index in [1.165, 1.54) is 0 Å². The molecule has 0 spiro atoms. The van der Waals surface area contributed by atoms with Gasteiger partial charge in [0, 0.05) is 6.42 Å². The first-order chi connectivity index (χ1) is 14.9. The van der Waals surface area contributed by atoms with Crippen LogP contribution in [0, 0.1) is 0 Å². The van der Waals surface area contributed by atoms with Crippen LogP contribution in [0.4, 0.5) is 4.79 Å². The maximum atomic E-state index is 12.8. The second-order valence-electron chi connectivity index (χ2n) is 6.56. The van der Waals surface area contributed by atoms with E-state index >= 15 is 0 Å². The fraction of sp³-hybridized carbons (Fsp3) is 0.286. The predicted octanol–water partition coefficient (Wildman–Crippen LogP) is 2.26. The first-order valence-corrected chi connectivity index (χ1v) is 10.7. The van der Waals surface area contributed by atoms with Crippen LogP contribution in [0.5, 0.6) is 0 Å². The van der Waals surface area contributed by atoms with Gasteiger partial charge in [0.15, 0.2) is 0 Å². The number of nitrogens with one attached hydrogen (secondary N) is 2. The van der Waals surface area contributed by atoms with E-state index in [9.17, 15) is 23.8 Å². The van der Waals surface area contributed by atoms with Crippen molar-refractivity contribution in [1.82, 2.24) is 10.6 Å². The van der Waals surface area contributed by atoms with Crippen molar-refractivity contribution in [3.63, 3.8) is 0 Å². The Bertz CT molecular complexity index is 893. The molecular weight excluding hydrogens is 423 g/mol. The number of esters is 1. The summed E-state index contributed by atoms with van der Waals surface area (Å²) in [4.78, 5) is 45.9. The van der Waals surface area contributed by atoms with Gasteiger partial charge in [0.2, 0.25) is 5.91 Å². The quantitative estimate of drug-likeness (QED) is 0.376. The number of alkyl carbamates (subject to hydrolysis) is 1. The Balaban J connectivity index is 2.07. The summed E-state index contributed by atoms with van der Waals surface area (Å²) >= 11 is 0. The Labute approximate surface area is 180 Å². The number of carbonyl (C=O) groups excluding carboxylic acids is 3. The number of carbonyl (C=O) groups is 3. The summed E-state index contributed by atoms with van der Waals surface area (Å²) in [5, 5.41) is 4.82. The fourth-order valence-corrected chi connectivity index (χ4v) is 3.20. The third kappa shape index (κ3) is 8.54. The van der Waals surface area contributed by atoms with Crippen LogP contribution in [0.3, 0.4) is 0 Å². The van der Waals surface area contributed by atoms with E-state index in [0.29, 0.717) is 0 Å². The van der Waals surface area contributed by atoms with Crippen molar-refractivity contribution in [1.29, 1.82) is 0 Å². The van der Waals surface area contributed by atoms with Crippen LogP contribution in [0.15, 0.2) is 60.7 Å². The molecule has 2 aromatic carbocycles. The lowest BCUT2D eigenvalue weighted by molar-refractivity contribution is -0.140. The lowest BCUT2D eigenvalue weighted by atomic mass is 10.1. The van der Waals surface area contributed by atoms with E-state index < -0.39 is 44.2 Å². The Morgan fingerprint density at radius 2 is 1.55 bits per heavy atom. The summed E-state index contributed by atoms with van der Waals surface area (Å²) < 4.78 is 21.2. The molecule has 2 unspecified atom stereocenters. The van der Waals surface area contributed by atoms with Crippen LogP contribution in [0.25, 0.3) is 0 Å². The molecule has 0 aliphatic heterocycles. The number of amides is 2. The van der Waals surface area contributed by atoms with Gasteiger partial charge in [0.25, 0.3) is 5.78 Å². The molecule has 3 N–H and O–H groups in total. The lowest BCUT2D eigenvalue weighted by Gasteiger charge is -2.19. The normalized spacial score (nSPS) is 12.8. The zero-order valence-corrected chi connectivity index (χ0v) is 17.8. The highest BCUT2D eigenvalue weighted by atomic mass is 31.1. The van der Waals surface area contributed by atoms with Gasteiger partial charge in [-0.25, -0.2) is 4.79 Å². The Morgan fingerprint density at radius 1 is 0.968 bits per heavy atom. The smallest absolute Gasteiger partial charge is 0.469 e. The topological polar surface area (TPSA) is 131 Å². The number of hydrogen-bond donors (Lipinski definition) is 3. The average molecular weight is 447 g/mol. The van der Waals surface area contributed by atoms with Gasteiger partial charge in [0.05, 0.1) is 7.11 Å². The Hall–Kier alpha value is -3.29. The molecular formula is C21H24N2O7P+. The molecule has 2 rings (SSSR count). The molecule has 0 saturated carbocycles. The van der Waals surface area contributed by atoms with Crippen molar-refractivity contribution in [3.05, 3.63) is 71.8 Å². The second-order valence-corrected chi connectivity index (χ2v) is 7.78. The molecule has 10 heteroatoms. The van der Waals surface area contributed by atoms with Crippen LogP contribution in [0.1, 0.15) is 17.5 Å². The van der Waals surface area contributed by atoms with Crippen molar-refractivity contribution < 1.29 is 33.3 Å². The number of rotatable bonds is 10. The Kier molecular flexibility index (Phi) is 9.61. The summed E-state index contributed by atoms with van der Waals surface area (Å²) in [7, 11) is -1.77. The van der Waals surface area contributed by atoms with Gasteiger partial charge in [-0.05, 0) is 15.7 Å². The van der Waals surface area contributed by atoms with Crippen LogP contribution >= 0.6 is 8.03 Å². The maximum Gasteiger partial charge on any atom is 0.531 e. The van der Waals surface area contributed by atoms with Crippen molar-refractivity contribution in [2.45, 2.75) is 31.3 Å². The van der Waals surface area contributed by atoms with Crippen molar-refractivity contribution >= 4 is 26.0 Å². The third-order valence-corrected chi connectivity index (χ3v) is 5.11. The van der Waals surface area contributed by atoms with Gasteiger partial charge in [-0.3, -0.25) is 9.59 Å². The molecule has 0 radical (unpaired) electrons. The van der Waals surface area contributed by atoms with E-state index in [1.54, 1.807) is 48.5 Å². The van der Waals surface area contributed by atoms with Gasteiger partial charge >= 0.3 is 20.1 Å². The molecule has 31 heavy (non-hydrogen) atoms. The van der Waals surface area contributed by atoms with Gasteiger partial charge in [0.1, 0.15) is 19.1 Å². The van der Waals surface area contributed by atoms with Crippen LogP contribution in [0.2, 0.25) is 0 Å². The summed E-state index contributed by atoms with van der Waals surface area (Å²) in [6.45, 7) is 0.0137. The molecule has 0 bridgehead atoms. The number of benzene rings is 2. The lowest BCUT2D eigenvalue weighted by Crippen LogP contribution is -2.50. The molecule has 2 amide bonds. The van der Waals surface area contributed by atoms with Crippen molar-refractivity contribution in [2.24, 2.45) is 0 Å². The van der Waals surface area contributed by atoms with E-state index in [-0.39, 0.29) is 13.0 Å². The minimum absolute atomic E-state index is 0.0137. The summed E-state index contributed by atoms with van der Waals surface area (Å²) in [5.74, 6) is -2.83. The summed E-state index contributed by atoms with van der Waals surface area (Å²) in [6.07, 6.45) is -1.19. The summed E-state index contributed by atoms with van der Waals surface area (Å²) in [6, 6.07) is 16.8. The van der Waals surface area contributed by atoms with E-state index in [1.807, 2.05) is 12.1 Å². The van der Waals surface area contributed by atoms with Gasteiger partial charge in [-0.1, -0.05) is 60.7 Å². The van der Waals surface area contributed by atoms with Gasteiger partial charge < -0.3 is 20.1 Å². The van der Waals surface area contributed by atoms with Crippen molar-refractivity contribution in [3.8, 4) is 0 Å². The Morgan fingerprint density at radius 3 is 2.10 bits per heavy atom. The van der Waals surface area contributed by atoms with Gasteiger partial charge in [-0.15, -0.1) is 0 Å². The average Bonchev–Trinajstić information content (AvgIpc) is 2.78. The van der Waals surface area contributed by atoms with Crippen LogP contribution in [-0.2, 0) is 36.7 Å². The number of hydrogen-bond acceptors (Lipinski definition) is 6. The molecule has 0 fully saturated rings. The first kappa shape index (κ1) is 24.0. The maximum absolute atomic E-state index is 12.8. The summed E-state index contributed by atoms with van der Waals surface area (Å²) in [5.41, 5.74) is 1.53. The molecule has 0 aromatic heterocycles. The molecule has 0 aliphatic rings. The third-order valence-electron chi connectivity index (χ3n) is 4.27. The van der Waals surface area contributed by atoms with E-state index in [0.717, 1.165) is 18.2 Å². The highest BCUT2D eigenvalue weighted by Gasteiger charge is 2.36. The van der Waals surface area contributed by atoms with Crippen LogP contribution in [-0.4, -0.2) is 41.8 Å². The largest absolute Gasteiger partial charge is 0.531 e. The van der Waals surface area contributed by atoms with E-state index in [2.05, 4.69) is 15.4 Å². The molecule has 0 saturated heterocycles. The zero-order valence-electron chi connectivity index (χ0n) is 16.9. The minimum Gasteiger partial charge on any atom is -0.469 e.